The van der Waals surface area contributed by atoms with Crippen LogP contribution in [0, 0.1) is 0 Å². The number of carbonyl (C=O) groups excluding carboxylic acids is 2. The van der Waals surface area contributed by atoms with Crippen LogP contribution in [0.5, 0.6) is 0 Å². The van der Waals surface area contributed by atoms with Gasteiger partial charge in [0, 0.05) is 29.2 Å². The van der Waals surface area contributed by atoms with Gasteiger partial charge in [-0.2, -0.15) is 0 Å². The fourth-order valence-electron chi connectivity index (χ4n) is 3.52. The molecule has 2 fully saturated rings. The highest BCUT2D eigenvalue weighted by Crippen LogP contribution is 2.37. The van der Waals surface area contributed by atoms with E-state index in [9.17, 15) is 9.59 Å². The number of nitrogens with one attached hydrogen (secondary N) is 1. The van der Waals surface area contributed by atoms with Gasteiger partial charge in [0.1, 0.15) is 5.82 Å². The lowest BCUT2D eigenvalue weighted by Gasteiger charge is -2.26. The summed E-state index contributed by atoms with van der Waals surface area (Å²) >= 11 is 1.49. The Hall–Kier alpha value is -2.41. The maximum Gasteiger partial charge on any atom is 0.261 e. The Morgan fingerprint density at radius 1 is 1.19 bits per heavy atom. The largest absolute Gasteiger partial charge is 0.384 e. The van der Waals surface area contributed by atoms with Crippen molar-refractivity contribution in [2.75, 3.05) is 12.3 Å². The molecule has 0 radical (unpaired) electrons. The molecular formula is C19H22N4O2S. The van der Waals surface area contributed by atoms with E-state index >= 15 is 0 Å². The Morgan fingerprint density at radius 3 is 2.77 bits per heavy atom. The monoisotopic (exact) mass is 370 g/mol. The van der Waals surface area contributed by atoms with E-state index in [0.717, 1.165) is 35.4 Å². The number of likely N-dealkylation sites (tertiary alicyclic amines) is 1. The predicted octanol–water partition coefficient (Wildman–Crippen LogP) is 2.98. The number of nitrogens with zero attached hydrogens (tertiary/aromatic N) is 2. The number of rotatable bonds is 4. The van der Waals surface area contributed by atoms with Gasteiger partial charge in [0.2, 0.25) is 0 Å². The van der Waals surface area contributed by atoms with Crippen molar-refractivity contribution in [3.8, 4) is 0 Å². The average molecular weight is 370 g/mol. The molecule has 0 aromatic carbocycles. The fraction of sp³-hybridized carbons (Fsp3) is 0.421. The fourth-order valence-corrected chi connectivity index (χ4v) is 4.57. The molecular weight excluding hydrogens is 348 g/mol. The summed E-state index contributed by atoms with van der Waals surface area (Å²) in [5.74, 6) is 0.317. The van der Waals surface area contributed by atoms with E-state index in [4.69, 9.17) is 5.73 Å². The molecule has 0 bridgehead atoms. The smallest absolute Gasteiger partial charge is 0.261 e. The number of nitrogen functional groups attached to an aromatic ring is 1. The van der Waals surface area contributed by atoms with Gasteiger partial charge in [-0.15, -0.1) is 11.3 Å². The van der Waals surface area contributed by atoms with Crippen molar-refractivity contribution in [2.45, 2.75) is 44.2 Å². The molecule has 4 rings (SSSR count). The van der Waals surface area contributed by atoms with Crippen LogP contribution < -0.4 is 11.1 Å². The average Bonchev–Trinajstić information content (AvgIpc) is 3.26. The minimum atomic E-state index is -0.0320. The lowest BCUT2D eigenvalue weighted by atomic mass is 9.93. The zero-order valence-corrected chi connectivity index (χ0v) is 15.3. The highest BCUT2D eigenvalue weighted by atomic mass is 32.1. The van der Waals surface area contributed by atoms with Gasteiger partial charge >= 0.3 is 0 Å². The summed E-state index contributed by atoms with van der Waals surface area (Å²) < 4.78 is 0. The van der Waals surface area contributed by atoms with Crippen LogP contribution in [0.2, 0.25) is 0 Å². The number of carbonyl (C=O) groups is 2. The number of nitrogens with two attached hydrogens (primary N) is 1. The van der Waals surface area contributed by atoms with Crippen molar-refractivity contribution in [1.29, 1.82) is 0 Å². The summed E-state index contributed by atoms with van der Waals surface area (Å²) in [5, 5.41) is 3.07. The van der Waals surface area contributed by atoms with Gasteiger partial charge in [0.15, 0.2) is 0 Å². The molecule has 26 heavy (non-hydrogen) atoms. The van der Waals surface area contributed by atoms with Gasteiger partial charge in [-0.05, 0) is 56.4 Å². The van der Waals surface area contributed by atoms with E-state index in [2.05, 4.69) is 10.3 Å². The Balaban J connectivity index is 1.49. The topological polar surface area (TPSA) is 88.3 Å². The van der Waals surface area contributed by atoms with E-state index in [-0.39, 0.29) is 17.9 Å². The molecule has 3 heterocycles. The third kappa shape index (κ3) is 3.31. The number of aromatic nitrogens is 1. The van der Waals surface area contributed by atoms with Gasteiger partial charge in [-0.25, -0.2) is 4.98 Å². The van der Waals surface area contributed by atoms with Crippen molar-refractivity contribution in [3.05, 3.63) is 45.8 Å². The number of amides is 2. The summed E-state index contributed by atoms with van der Waals surface area (Å²) in [4.78, 5) is 32.9. The van der Waals surface area contributed by atoms with Crippen LogP contribution in [0.25, 0.3) is 0 Å². The molecule has 2 aromatic heterocycles. The summed E-state index contributed by atoms with van der Waals surface area (Å²) in [7, 11) is 0. The lowest BCUT2D eigenvalue weighted by molar-refractivity contribution is 0.0737. The number of anilines is 1. The summed E-state index contributed by atoms with van der Waals surface area (Å²) in [6.45, 7) is 0.716. The molecule has 136 valence electrons. The molecule has 1 saturated carbocycles. The normalized spacial score (nSPS) is 20.0. The van der Waals surface area contributed by atoms with E-state index < -0.39 is 0 Å². The predicted molar refractivity (Wildman–Crippen MR) is 101 cm³/mol. The Bertz CT molecular complexity index is 830. The maximum absolute atomic E-state index is 12.9. The minimum Gasteiger partial charge on any atom is -0.384 e. The molecule has 0 spiro atoms. The molecule has 1 aliphatic heterocycles. The molecule has 3 N–H and O–H groups in total. The van der Waals surface area contributed by atoms with Crippen LogP contribution in [0.15, 0.2) is 30.5 Å². The third-order valence-corrected chi connectivity index (χ3v) is 6.35. The van der Waals surface area contributed by atoms with Gasteiger partial charge in [-0.3, -0.25) is 9.59 Å². The third-order valence-electron chi connectivity index (χ3n) is 5.16. The molecule has 1 unspecified atom stereocenters. The van der Waals surface area contributed by atoms with Crippen LogP contribution in [0.3, 0.4) is 0 Å². The number of hydrogen-bond acceptors (Lipinski definition) is 5. The van der Waals surface area contributed by atoms with E-state index in [0.29, 0.717) is 24.0 Å². The first-order valence-electron chi connectivity index (χ1n) is 9.05. The highest BCUT2D eigenvalue weighted by Gasteiger charge is 2.32. The highest BCUT2D eigenvalue weighted by molar-refractivity contribution is 7.14. The number of pyridine rings is 1. The van der Waals surface area contributed by atoms with Crippen molar-refractivity contribution in [2.24, 2.45) is 0 Å². The zero-order chi connectivity index (χ0) is 18.1. The Labute approximate surface area is 156 Å². The second-order valence-corrected chi connectivity index (χ2v) is 8.04. The van der Waals surface area contributed by atoms with Crippen LogP contribution in [0.1, 0.15) is 63.1 Å². The molecule has 1 saturated heterocycles. The zero-order valence-electron chi connectivity index (χ0n) is 14.5. The number of thiophene rings is 1. The second kappa shape index (κ2) is 7.07. The lowest BCUT2D eigenvalue weighted by Crippen LogP contribution is -2.39. The SMILES string of the molecule is Nc1cc(C(=O)N2CCCC2c2ccc(C(=O)NC3CCC3)s2)ccn1. The summed E-state index contributed by atoms with van der Waals surface area (Å²) in [6, 6.07) is 7.52. The van der Waals surface area contributed by atoms with Crippen molar-refractivity contribution in [1.82, 2.24) is 15.2 Å². The Kier molecular flexibility index (Phi) is 4.63. The summed E-state index contributed by atoms with van der Waals surface area (Å²) in [5.41, 5.74) is 6.27. The standard InChI is InChI=1S/C19H22N4O2S/c20-17-11-12(8-9-21-17)19(25)23-10-2-5-14(23)15-6-7-16(26-15)18(24)22-13-3-1-4-13/h6-9,11,13-14H,1-5,10H2,(H2,20,21)(H,22,24). The van der Waals surface area contributed by atoms with Crippen LogP contribution >= 0.6 is 11.3 Å². The van der Waals surface area contributed by atoms with Gasteiger partial charge in [-0.1, -0.05) is 0 Å². The van der Waals surface area contributed by atoms with Crippen molar-refractivity contribution in [3.63, 3.8) is 0 Å². The minimum absolute atomic E-state index is 0.00345. The molecule has 2 aromatic rings. The van der Waals surface area contributed by atoms with Crippen LogP contribution in [-0.4, -0.2) is 34.3 Å². The molecule has 2 amide bonds. The van der Waals surface area contributed by atoms with E-state index in [1.165, 1.54) is 17.8 Å². The van der Waals surface area contributed by atoms with Gasteiger partial charge in [0.25, 0.3) is 11.8 Å². The first-order chi connectivity index (χ1) is 12.6. The molecule has 7 heteroatoms. The summed E-state index contributed by atoms with van der Waals surface area (Å²) in [6.07, 6.45) is 6.77. The van der Waals surface area contributed by atoms with Crippen molar-refractivity contribution >= 4 is 29.0 Å². The molecule has 2 aliphatic rings. The quantitative estimate of drug-likeness (QED) is 0.866. The number of hydrogen-bond donors (Lipinski definition) is 2. The van der Waals surface area contributed by atoms with Crippen molar-refractivity contribution < 1.29 is 9.59 Å². The molecule has 1 aliphatic carbocycles. The van der Waals surface area contributed by atoms with Crippen LogP contribution in [0.4, 0.5) is 5.82 Å². The van der Waals surface area contributed by atoms with Gasteiger partial charge in [0.05, 0.1) is 10.9 Å². The molecule has 6 nitrogen and oxygen atoms in total. The first kappa shape index (κ1) is 17.0. The van der Waals surface area contributed by atoms with E-state index in [1.807, 2.05) is 17.0 Å². The second-order valence-electron chi connectivity index (χ2n) is 6.93. The maximum atomic E-state index is 12.9. The molecule has 1 atom stereocenters. The first-order valence-corrected chi connectivity index (χ1v) is 9.86. The van der Waals surface area contributed by atoms with Crippen LogP contribution in [-0.2, 0) is 0 Å². The Morgan fingerprint density at radius 2 is 2.04 bits per heavy atom. The van der Waals surface area contributed by atoms with E-state index in [1.54, 1.807) is 18.3 Å². The van der Waals surface area contributed by atoms with Gasteiger partial charge < -0.3 is 16.0 Å².